The molecule has 2 N–H and O–H groups in total. The molecular weight excluding hydrogens is 394 g/mol. The third kappa shape index (κ3) is 2.68. The number of ether oxygens (including phenoxy) is 4. The van der Waals surface area contributed by atoms with Crippen LogP contribution in [0.3, 0.4) is 0 Å². The molecule has 0 aromatic carbocycles. The van der Waals surface area contributed by atoms with E-state index in [-0.39, 0.29) is 24.3 Å². The Labute approximate surface area is 170 Å². The van der Waals surface area contributed by atoms with E-state index in [2.05, 4.69) is 16.2 Å². The van der Waals surface area contributed by atoms with E-state index in [4.69, 9.17) is 24.7 Å². The lowest BCUT2D eigenvalue weighted by Gasteiger charge is -2.24. The van der Waals surface area contributed by atoms with Gasteiger partial charge < -0.3 is 24.7 Å². The van der Waals surface area contributed by atoms with E-state index < -0.39 is 30.1 Å². The summed E-state index contributed by atoms with van der Waals surface area (Å²) in [5, 5.41) is 14.3. The highest BCUT2D eigenvalue weighted by Gasteiger charge is 2.65. The standard InChI is InChI=1S/C19H19N5O6/c20-8-19(13-6-5-11-16(21)22-9-23-24(11)13)15-14(28-18(26)29-15)12(30-19)7-27-17(25)10-3-1-2-4-10/h5-6,9-10,12,14-15H,1-4,7H2,(H2,21,22,23)/t12-,14-,15-,19+/m1/s1. The van der Waals surface area contributed by atoms with Gasteiger partial charge in [-0.25, -0.2) is 14.3 Å². The van der Waals surface area contributed by atoms with Crippen LogP contribution in [0.4, 0.5) is 10.6 Å². The van der Waals surface area contributed by atoms with Crippen molar-refractivity contribution < 1.29 is 28.5 Å². The summed E-state index contributed by atoms with van der Waals surface area (Å²) in [5.74, 6) is -0.207. The van der Waals surface area contributed by atoms with Crippen LogP contribution in [0.1, 0.15) is 31.4 Å². The first-order chi connectivity index (χ1) is 14.5. The van der Waals surface area contributed by atoms with Gasteiger partial charge in [0, 0.05) is 0 Å². The molecule has 4 heterocycles. The molecule has 5 rings (SSSR count). The maximum atomic E-state index is 12.3. The van der Waals surface area contributed by atoms with E-state index >= 15 is 0 Å². The first-order valence-corrected chi connectivity index (χ1v) is 9.75. The Hall–Kier alpha value is -3.39. The second-order valence-electron chi connectivity index (χ2n) is 7.65. The number of hydrogen-bond donors (Lipinski definition) is 1. The SMILES string of the molecule is N#C[C@@]1(c2ccc3c(N)ncnn23)O[C@H](COC(=O)C2CCCC2)[C@H]2OC(=O)O[C@H]21. The van der Waals surface area contributed by atoms with Gasteiger partial charge in [0.25, 0.3) is 0 Å². The molecule has 4 atom stereocenters. The summed E-state index contributed by atoms with van der Waals surface area (Å²) >= 11 is 0. The van der Waals surface area contributed by atoms with E-state index in [1.807, 2.05) is 0 Å². The van der Waals surface area contributed by atoms with Crippen LogP contribution in [0.5, 0.6) is 0 Å². The highest BCUT2D eigenvalue weighted by atomic mass is 16.8. The minimum absolute atomic E-state index is 0.125. The van der Waals surface area contributed by atoms with Gasteiger partial charge in [-0.05, 0) is 25.0 Å². The largest absolute Gasteiger partial charge is 0.509 e. The average molecular weight is 413 g/mol. The van der Waals surface area contributed by atoms with Crippen LogP contribution in [-0.2, 0) is 29.3 Å². The average Bonchev–Trinajstić information content (AvgIpc) is 3.51. The van der Waals surface area contributed by atoms with Gasteiger partial charge in [0.1, 0.15) is 30.6 Å². The summed E-state index contributed by atoms with van der Waals surface area (Å²) in [7, 11) is 0. The normalized spacial score (nSPS) is 30.6. The molecule has 3 fully saturated rings. The second-order valence-corrected chi connectivity index (χ2v) is 7.65. The number of nitrogens with zero attached hydrogens (tertiary/aromatic N) is 4. The molecule has 2 aromatic rings. The van der Waals surface area contributed by atoms with Gasteiger partial charge >= 0.3 is 12.1 Å². The molecule has 11 heteroatoms. The Morgan fingerprint density at radius 3 is 2.93 bits per heavy atom. The molecular formula is C19H19N5O6. The van der Waals surface area contributed by atoms with Crippen LogP contribution in [0.25, 0.3) is 5.52 Å². The molecule has 2 aromatic heterocycles. The third-order valence-corrected chi connectivity index (χ3v) is 5.97. The lowest BCUT2D eigenvalue weighted by atomic mass is 9.92. The molecule has 1 saturated carbocycles. The highest BCUT2D eigenvalue weighted by Crippen LogP contribution is 2.46. The predicted molar refractivity (Wildman–Crippen MR) is 97.6 cm³/mol. The van der Waals surface area contributed by atoms with Crippen molar-refractivity contribution in [2.75, 3.05) is 12.3 Å². The molecule has 3 aliphatic rings. The number of nitrogens with two attached hydrogens (primary N) is 1. The predicted octanol–water partition coefficient (Wildman–Crippen LogP) is 1.07. The summed E-state index contributed by atoms with van der Waals surface area (Å²) in [6.07, 6.45) is 1.12. The van der Waals surface area contributed by atoms with Gasteiger partial charge in [-0.2, -0.15) is 10.4 Å². The number of hydrogen-bond acceptors (Lipinski definition) is 10. The van der Waals surface area contributed by atoms with Gasteiger partial charge in [-0.1, -0.05) is 12.8 Å². The second kappa shape index (κ2) is 6.84. The van der Waals surface area contributed by atoms with Crippen molar-refractivity contribution in [2.45, 2.75) is 49.6 Å². The number of esters is 1. The number of aromatic nitrogens is 3. The van der Waals surface area contributed by atoms with Crippen molar-refractivity contribution in [1.29, 1.82) is 5.26 Å². The molecule has 1 aliphatic carbocycles. The van der Waals surface area contributed by atoms with E-state index in [9.17, 15) is 14.9 Å². The molecule has 30 heavy (non-hydrogen) atoms. The maximum Gasteiger partial charge on any atom is 0.509 e. The van der Waals surface area contributed by atoms with Crippen LogP contribution in [0, 0.1) is 17.2 Å². The fourth-order valence-electron chi connectivity index (χ4n) is 4.49. The smallest absolute Gasteiger partial charge is 0.463 e. The first-order valence-electron chi connectivity index (χ1n) is 9.75. The van der Waals surface area contributed by atoms with Crippen molar-refractivity contribution in [3.8, 4) is 6.07 Å². The summed E-state index contributed by atoms with van der Waals surface area (Å²) in [6, 6.07) is 5.37. The fraction of sp³-hybridized carbons (Fsp3) is 0.526. The van der Waals surface area contributed by atoms with Gasteiger partial charge in [0.05, 0.1) is 11.6 Å². The number of fused-ring (bicyclic) bond motifs is 2. The minimum Gasteiger partial charge on any atom is -0.463 e. The number of anilines is 1. The zero-order chi connectivity index (χ0) is 20.9. The maximum absolute atomic E-state index is 12.3. The Balaban J connectivity index is 1.46. The number of nitriles is 1. The fourth-order valence-corrected chi connectivity index (χ4v) is 4.49. The van der Waals surface area contributed by atoms with Gasteiger partial charge in [-0.3, -0.25) is 4.79 Å². The van der Waals surface area contributed by atoms with E-state index in [0.717, 1.165) is 25.7 Å². The minimum atomic E-state index is -1.71. The van der Waals surface area contributed by atoms with Crippen LogP contribution in [0.15, 0.2) is 18.5 Å². The Morgan fingerprint density at radius 1 is 1.37 bits per heavy atom. The molecule has 0 unspecified atom stereocenters. The highest BCUT2D eigenvalue weighted by molar-refractivity contribution is 5.72. The van der Waals surface area contributed by atoms with Crippen LogP contribution in [0.2, 0.25) is 0 Å². The van der Waals surface area contributed by atoms with Crippen molar-refractivity contribution in [2.24, 2.45) is 5.92 Å². The zero-order valence-electron chi connectivity index (χ0n) is 15.9. The molecule has 0 spiro atoms. The first kappa shape index (κ1) is 18.6. The zero-order valence-corrected chi connectivity index (χ0v) is 15.9. The number of carbonyl (C=O) groups is 2. The lowest BCUT2D eigenvalue weighted by molar-refractivity contribution is -0.156. The van der Waals surface area contributed by atoms with Crippen LogP contribution >= 0.6 is 0 Å². The molecule has 0 amide bonds. The number of nitrogen functional groups attached to an aromatic ring is 1. The Kier molecular flexibility index (Phi) is 4.25. The monoisotopic (exact) mass is 413 g/mol. The number of carbonyl (C=O) groups excluding carboxylic acids is 2. The molecule has 11 nitrogen and oxygen atoms in total. The van der Waals surface area contributed by atoms with E-state index in [0.29, 0.717) is 11.2 Å². The van der Waals surface area contributed by atoms with Gasteiger partial charge in [-0.15, -0.1) is 0 Å². The Bertz CT molecular complexity index is 1060. The van der Waals surface area contributed by atoms with Crippen molar-refractivity contribution in [3.63, 3.8) is 0 Å². The Morgan fingerprint density at radius 2 is 2.17 bits per heavy atom. The third-order valence-electron chi connectivity index (χ3n) is 5.97. The molecule has 2 saturated heterocycles. The van der Waals surface area contributed by atoms with Crippen molar-refractivity contribution >= 4 is 23.5 Å². The van der Waals surface area contributed by atoms with Crippen molar-refractivity contribution in [3.05, 3.63) is 24.2 Å². The summed E-state index contributed by atoms with van der Waals surface area (Å²) < 4.78 is 23.5. The number of rotatable bonds is 4. The molecule has 2 aliphatic heterocycles. The van der Waals surface area contributed by atoms with Gasteiger partial charge in [0.2, 0.25) is 5.60 Å². The van der Waals surface area contributed by atoms with Crippen LogP contribution < -0.4 is 5.73 Å². The lowest BCUT2D eigenvalue weighted by Crippen LogP contribution is -2.39. The molecule has 0 bridgehead atoms. The summed E-state index contributed by atoms with van der Waals surface area (Å²) in [5.41, 5.74) is 4.96. The molecule has 156 valence electrons. The molecule has 0 radical (unpaired) electrons. The van der Waals surface area contributed by atoms with Crippen LogP contribution in [-0.4, -0.2) is 51.6 Å². The van der Waals surface area contributed by atoms with Gasteiger partial charge in [0.15, 0.2) is 18.0 Å². The topological polar surface area (TPSA) is 151 Å². The van der Waals surface area contributed by atoms with E-state index in [1.54, 1.807) is 12.1 Å². The quantitative estimate of drug-likeness (QED) is 0.720. The summed E-state index contributed by atoms with van der Waals surface area (Å²) in [4.78, 5) is 28.1. The van der Waals surface area contributed by atoms with E-state index in [1.165, 1.54) is 10.8 Å². The summed E-state index contributed by atoms with van der Waals surface area (Å²) in [6.45, 7) is -0.156. The van der Waals surface area contributed by atoms with Crippen molar-refractivity contribution in [1.82, 2.24) is 14.6 Å².